The van der Waals surface area contributed by atoms with E-state index in [1.807, 2.05) is 0 Å². The van der Waals surface area contributed by atoms with E-state index in [0.29, 0.717) is 10.6 Å². The molecule has 4 heteroatoms. The summed E-state index contributed by atoms with van der Waals surface area (Å²) in [7, 11) is -1.31. The lowest BCUT2D eigenvalue weighted by Crippen LogP contribution is -1.83. The number of hydrogen-bond acceptors (Lipinski definition) is 4. The standard InChI is InChI=1S/C6H6NOS2/c7-5-1-3-6(4-2-5)10(8)9/h1-4H,7H2/q-1. The van der Waals surface area contributed by atoms with Crippen LogP contribution in [0.15, 0.2) is 29.2 Å². The zero-order valence-corrected chi connectivity index (χ0v) is 6.74. The van der Waals surface area contributed by atoms with E-state index in [9.17, 15) is 4.21 Å². The summed E-state index contributed by atoms with van der Waals surface area (Å²) in [6.07, 6.45) is 0. The van der Waals surface area contributed by atoms with Gasteiger partial charge in [-0.05, 0) is 12.1 Å². The van der Waals surface area contributed by atoms with E-state index in [0.717, 1.165) is 0 Å². The Balaban J connectivity index is 3.12. The summed E-state index contributed by atoms with van der Waals surface area (Å²) in [5, 5.41) is 0. The van der Waals surface area contributed by atoms with Crippen molar-refractivity contribution in [2.45, 2.75) is 4.90 Å². The smallest absolute Gasteiger partial charge is 0.0312 e. The van der Waals surface area contributed by atoms with Gasteiger partial charge in [0.15, 0.2) is 0 Å². The molecule has 0 aromatic heterocycles. The molecule has 54 valence electrons. The molecule has 0 aliphatic heterocycles. The van der Waals surface area contributed by atoms with E-state index in [1.54, 1.807) is 24.3 Å². The second-order valence-electron chi connectivity index (χ2n) is 1.80. The van der Waals surface area contributed by atoms with Crippen LogP contribution in [0.5, 0.6) is 0 Å². The van der Waals surface area contributed by atoms with Gasteiger partial charge in [0.05, 0.1) is 0 Å². The van der Waals surface area contributed by atoms with Crippen LogP contribution in [0.4, 0.5) is 5.69 Å². The molecule has 1 aromatic rings. The summed E-state index contributed by atoms with van der Waals surface area (Å²) >= 11 is 4.52. The van der Waals surface area contributed by atoms with E-state index >= 15 is 0 Å². The number of nitrogens with two attached hydrogens (primary N) is 1. The zero-order valence-electron chi connectivity index (χ0n) is 5.11. The minimum absolute atomic E-state index is 0.629. The maximum absolute atomic E-state index is 10.6. The topological polar surface area (TPSA) is 43.1 Å². The molecule has 0 spiro atoms. The fourth-order valence-corrected chi connectivity index (χ4v) is 1.27. The molecule has 2 N–H and O–H groups in total. The summed E-state index contributed by atoms with van der Waals surface area (Å²) in [4.78, 5) is 0.629. The number of benzene rings is 1. The third-order valence-electron chi connectivity index (χ3n) is 1.07. The maximum atomic E-state index is 10.6. The molecular formula is C6H6NOS2-. The van der Waals surface area contributed by atoms with Gasteiger partial charge in [0.25, 0.3) is 0 Å². The lowest BCUT2D eigenvalue weighted by atomic mass is 10.3. The zero-order chi connectivity index (χ0) is 7.56. The lowest BCUT2D eigenvalue weighted by molar-refractivity contribution is 0.604. The Morgan fingerprint density at radius 3 is 2.20 bits per heavy atom. The first-order chi connectivity index (χ1) is 4.70. The molecule has 0 fully saturated rings. The highest BCUT2D eigenvalue weighted by atomic mass is 32.8. The van der Waals surface area contributed by atoms with Crippen molar-refractivity contribution in [3.8, 4) is 0 Å². The fourth-order valence-electron chi connectivity index (χ4n) is 0.579. The van der Waals surface area contributed by atoms with Crippen LogP contribution in [0.2, 0.25) is 0 Å². The van der Waals surface area contributed by atoms with Crippen molar-refractivity contribution in [3.05, 3.63) is 24.3 Å². The molecule has 0 aliphatic carbocycles. The maximum Gasteiger partial charge on any atom is 0.0312 e. The lowest BCUT2D eigenvalue weighted by Gasteiger charge is -1.99. The highest BCUT2D eigenvalue weighted by molar-refractivity contribution is 8.21. The van der Waals surface area contributed by atoms with Gasteiger partial charge in [-0.3, -0.25) is 0 Å². The Morgan fingerprint density at radius 1 is 1.30 bits per heavy atom. The molecule has 0 heterocycles. The van der Waals surface area contributed by atoms with Gasteiger partial charge >= 0.3 is 0 Å². The van der Waals surface area contributed by atoms with Crippen molar-refractivity contribution in [2.24, 2.45) is 0 Å². The average Bonchev–Trinajstić information content (AvgIpc) is 1.88. The monoisotopic (exact) mass is 172 g/mol. The van der Waals surface area contributed by atoms with Crippen LogP contribution in [0.3, 0.4) is 0 Å². The SMILES string of the molecule is Nc1ccc([S-](=O)=S)cc1. The van der Waals surface area contributed by atoms with Crippen molar-refractivity contribution in [1.82, 2.24) is 0 Å². The fraction of sp³-hybridized carbons (Fsp3) is 0. The van der Waals surface area contributed by atoms with Gasteiger partial charge in [-0.1, -0.05) is 12.1 Å². The Kier molecular flexibility index (Phi) is 2.24. The van der Waals surface area contributed by atoms with Gasteiger partial charge in [-0.2, -0.15) is 9.36 Å². The van der Waals surface area contributed by atoms with E-state index in [4.69, 9.17) is 5.73 Å². The molecule has 0 saturated carbocycles. The predicted molar refractivity (Wildman–Crippen MR) is 44.5 cm³/mol. The third kappa shape index (κ3) is 1.68. The van der Waals surface area contributed by atoms with Crippen LogP contribution in [0, 0.1) is 0 Å². The van der Waals surface area contributed by atoms with Crippen molar-refractivity contribution in [2.75, 3.05) is 5.73 Å². The molecule has 0 radical (unpaired) electrons. The molecule has 0 atom stereocenters. The van der Waals surface area contributed by atoms with Crippen LogP contribution < -0.4 is 5.73 Å². The average molecular weight is 172 g/mol. The van der Waals surface area contributed by atoms with Crippen molar-refractivity contribution in [1.29, 1.82) is 0 Å². The summed E-state index contributed by atoms with van der Waals surface area (Å²) in [6.45, 7) is 0. The Labute approximate surface area is 65.8 Å². The molecule has 1 aromatic carbocycles. The first-order valence-electron chi connectivity index (χ1n) is 2.65. The van der Waals surface area contributed by atoms with Gasteiger partial charge in [-0.25, -0.2) is 11.2 Å². The van der Waals surface area contributed by atoms with Gasteiger partial charge < -0.3 is 9.94 Å². The molecule has 0 amide bonds. The molecule has 0 saturated heterocycles. The predicted octanol–water partition coefficient (Wildman–Crippen LogP) is 1.05. The quantitative estimate of drug-likeness (QED) is 0.508. The van der Waals surface area contributed by atoms with Crippen molar-refractivity contribution < 1.29 is 4.21 Å². The van der Waals surface area contributed by atoms with Crippen molar-refractivity contribution >= 4 is 26.2 Å². The first kappa shape index (κ1) is 7.50. The summed E-state index contributed by atoms with van der Waals surface area (Å²) in [6, 6.07) is 6.69. The number of anilines is 1. The van der Waals surface area contributed by atoms with Crippen molar-refractivity contribution in [3.63, 3.8) is 0 Å². The molecule has 0 unspecified atom stereocenters. The highest BCUT2D eigenvalue weighted by Gasteiger charge is 1.81. The van der Waals surface area contributed by atoms with Gasteiger partial charge in [0.1, 0.15) is 0 Å². The molecule has 2 nitrogen and oxygen atoms in total. The largest absolute Gasteiger partial charge is 0.447 e. The first-order valence-corrected chi connectivity index (χ1v) is 4.72. The van der Waals surface area contributed by atoms with E-state index in [2.05, 4.69) is 11.2 Å². The Hall–Kier alpha value is -0.610. The summed E-state index contributed by atoms with van der Waals surface area (Å²) in [5.74, 6) is 0. The third-order valence-corrected chi connectivity index (χ3v) is 2.31. The van der Waals surface area contributed by atoms with Crippen LogP contribution in [-0.4, -0.2) is 0 Å². The second-order valence-corrected chi connectivity index (χ2v) is 3.65. The Bertz CT molecular complexity index is 281. The second kappa shape index (κ2) is 2.98. The van der Waals surface area contributed by atoms with Gasteiger partial charge in [-0.15, -0.1) is 4.90 Å². The molecule has 0 bridgehead atoms. The van der Waals surface area contributed by atoms with Crippen LogP contribution in [-0.2, 0) is 24.8 Å². The van der Waals surface area contributed by atoms with Gasteiger partial charge in [0, 0.05) is 5.69 Å². The summed E-state index contributed by atoms with van der Waals surface area (Å²) < 4.78 is 10.6. The minimum Gasteiger partial charge on any atom is -0.447 e. The van der Waals surface area contributed by atoms with E-state index < -0.39 is 9.36 Å². The van der Waals surface area contributed by atoms with Crippen LogP contribution in [0.1, 0.15) is 0 Å². The normalized spacial score (nSPS) is 10.1. The van der Waals surface area contributed by atoms with Crippen LogP contribution in [0.25, 0.3) is 0 Å². The Morgan fingerprint density at radius 2 is 1.80 bits per heavy atom. The molecular weight excluding hydrogens is 166 g/mol. The van der Waals surface area contributed by atoms with Gasteiger partial charge in [0.2, 0.25) is 0 Å². The highest BCUT2D eigenvalue weighted by Crippen LogP contribution is 2.05. The number of rotatable bonds is 1. The minimum atomic E-state index is -1.31. The molecule has 10 heavy (non-hydrogen) atoms. The number of nitrogen functional groups attached to an aromatic ring is 1. The van der Waals surface area contributed by atoms with E-state index in [1.165, 1.54) is 0 Å². The molecule has 0 aliphatic rings. The number of hydrogen-bond donors (Lipinski definition) is 1. The van der Waals surface area contributed by atoms with Crippen LogP contribution >= 0.6 is 0 Å². The summed E-state index contributed by atoms with van der Waals surface area (Å²) in [5.41, 5.74) is 6.05. The molecule has 1 rings (SSSR count). The van der Waals surface area contributed by atoms with E-state index in [-0.39, 0.29) is 0 Å².